The Balaban J connectivity index is 1.81. The fourth-order valence-corrected chi connectivity index (χ4v) is 3.05. The molecule has 1 atom stereocenters. The average Bonchev–Trinajstić information content (AvgIpc) is 3.11. The summed E-state index contributed by atoms with van der Waals surface area (Å²) in [6.07, 6.45) is 8.28. The van der Waals surface area contributed by atoms with E-state index in [0.717, 1.165) is 19.4 Å². The van der Waals surface area contributed by atoms with E-state index >= 15 is 4.39 Å². The van der Waals surface area contributed by atoms with Crippen molar-refractivity contribution in [3.05, 3.63) is 48.8 Å². The maximum atomic E-state index is 15.2. The van der Waals surface area contributed by atoms with Gasteiger partial charge in [0.1, 0.15) is 11.5 Å². The van der Waals surface area contributed by atoms with Gasteiger partial charge in [-0.3, -0.25) is 9.97 Å². The van der Waals surface area contributed by atoms with Crippen LogP contribution in [0.4, 0.5) is 21.8 Å². The standard InChI is InChI=1S/C18H18FN7/c1-12-5-4-10-26(12)18-15(19)17(23-14-11-20-8-9-22-14)24-16(25-18)13-6-2-3-7-21-13/h2-3,6-9,11-12H,4-5,10H2,1H3,(H,22,23,24,25). The molecule has 1 saturated heterocycles. The smallest absolute Gasteiger partial charge is 0.208 e. The van der Waals surface area contributed by atoms with Crippen molar-refractivity contribution in [3.63, 3.8) is 0 Å². The van der Waals surface area contributed by atoms with Crippen LogP contribution in [0.25, 0.3) is 11.5 Å². The first-order valence-electron chi connectivity index (χ1n) is 8.51. The molecule has 0 saturated carbocycles. The van der Waals surface area contributed by atoms with Crippen molar-refractivity contribution in [2.24, 2.45) is 0 Å². The third-order valence-corrected chi connectivity index (χ3v) is 4.36. The molecule has 0 amide bonds. The van der Waals surface area contributed by atoms with E-state index in [1.807, 2.05) is 17.0 Å². The average molecular weight is 351 g/mol. The molecule has 0 bridgehead atoms. The Bertz CT molecular complexity index is 889. The molecule has 132 valence electrons. The largest absolute Gasteiger partial charge is 0.351 e. The highest BCUT2D eigenvalue weighted by Gasteiger charge is 2.27. The van der Waals surface area contributed by atoms with Crippen LogP contribution in [0.5, 0.6) is 0 Å². The summed E-state index contributed by atoms with van der Waals surface area (Å²) >= 11 is 0. The van der Waals surface area contributed by atoms with Crippen LogP contribution in [0.1, 0.15) is 19.8 Å². The summed E-state index contributed by atoms with van der Waals surface area (Å²) in [7, 11) is 0. The molecule has 0 aromatic carbocycles. The number of nitrogens with one attached hydrogen (secondary N) is 1. The molecule has 1 fully saturated rings. The highest BCUT2D eigenvalue weighted by atomic mass is 19.1. The summed E-state index contributed by atoms with van der Waals surface area (Å²) in [5.41, 5.74) is 0.586. The van der Waals surface area contributed by atoms with Crippen molar-refractivity contribution in [1.82, 2.24) is 24.9 Å². The van der Waals surface area contributed by atoms with Crippen molar-refractivity contribution < 1.29 is 4.39 Å². The molecule has 4 rings (SSSR count). The zero-order chi connectivity index (χ0) is 17.9. The van der Waals surface area contributed by atoms with Gasteiger partial charge in [-0.25, -0.2) is 15.0 Å². The van der Waals surface area contributed by atoms with E-state index in [1.54, 1.807) is 18.5 Å². The predicted octanol–water partition coefficient (Wildman–Crippen LogP) is 3.20. The molecule has 3 aromatic heterocycles. The van der Waals surface area contributed by atoms with Gasteiger partial charge in [-0.1, -0.05) is 6.07 Å². The molecular formula is C18H18FN7. The summed E-state index contributed by atoms with van der Waals surface area (Å²) in [5.74, 6) is 0.640. The topological polar surface area (TPSA) is 79.7 Å². The molecule has 26 heavy (non-hydrogen) atoms. The van der Waals surface area contributed by atoms with Crippen molar-refractivity contribution in [2.45, 2.75) is 25.8 Å². The van der Waals surface area contributed by atoms with Crippen LogP contribution in [0.15, 0.2) is 43.0 Å². The minimum Gasteiger partial charge on any atom is -0.351 e. The van der Waals surface area contributed by atoms with Gasteiger partial charge in [0.05, 0.1) is 6.20 Å². The van der Waals surface area contributed by atoms with Crippen molar-refractivity contribution in [1.29, 1.82) is 0 Å². The first-order valence-corrected chi connectivity index (χ1v) is 8.51. The second-order valence-corrected chi connectivity index (χ2v) is 6.15. The first-order chi connectivity index (χ1) is 12.7. The molecule has 7 nitrogen and oxygen atoms in total. The molecule has 0 aliphatic carbocycles. The zero-order valence-electron chi connectivity index (χ0n) is 14.3. The molecule has 0 radical (unpaired) electrons. The minimum atomic E-state index is -0.496. The molecule has 3 aromatic rings. The second kappa shape index (κ2) is 6.99. The molecule has 1 N–H and O–H groups in total. The number of aromatic nitrogens is 5. The molecule has 1 aliphatic heterocycles. The van der Waals surface area contributed by atoms with E-state index in [0.29, 0.717) is 17.3 Å². The van der Waals surface area contributed by atoms with Gasteiger partial charge < -0.3 is 10.2 Å². The van der Waals surface area contributed by atoms with E-state index < -0.39 is 5.82 Å². The number of anilines is 3. The van der Waals surface area contributed by atoms with E-state index in [1.165, 1.54) is 12.4 Å². The summed E-state index contributed by atoms with van der Waals surface area (Å²) in [5, 5.41) is 2.91. The molecule has 1 unspecified atom stereocenters. The summed E-state index contributed by atoms with van der Waals surface area (Å²) in [6.45, 7) is 2.84. The lowest BCUT2D eigenvalue weighted by Crippen LogP contribution is -2.29. The molecular weight excluding hydrogens is 333 g/mol. The lowest BCUT2D eigenvalue weighted by atomic mass is 10.2. The Morgan fingerprint density at radius 3 is 2.77 bits per heavy atom. The van der Waals surface area contributed by atoms with Gasteiger partial charge in [-0.15, -0.1) is 0 Å². The van der Waals surface area contributed by atoms with Gasteiger partial charge in [-0.05, 0) is 31.9 Å². The van der Waals surface area contributed by atoms with E-state index in [4.69, 9.17) is 0 Å². The zero-order valence-corrected chi connectivity index (χ0v) is 14.3. The van der Waals surface area contributed by atoms with Crippen LogP contribution in [0, 0.1) is 5.82 Å². The lowest BCUT2D eigenvalue weighted by Gasteiger charge is -2.24. The Kier molecular flexibility index (Phi) is 4.39. The number of nitrogens with zero attached hydrogens (tertiary/aromatic N) is 6. The predicted molar refractivity (Wildman–Crippen MR) is 96.6 cm³/mol. The van der Waals surface area contributed by atoms with Gasteiger partial charge in [0.25, 0.3) is 0 Å². The molecule has 4 heterocycles. The van der Waals surface area contributed by atoms with E-state index in [9.17, 15) is 0 Å². The van der Waals surface area contributed by atoms with Crippen LogP contribution in [0.2, 0.25) is 0 Å². The number of hydrogen-bond donors (Lipinski definition) is 1. The Labute approximate surface area is 150 Å². The number of hydrogen-bond acceptors (Lipinski definition) is 7. The quantitative estimate of drug-likeness (QED) is 0.773. The van der Waals surface area contributed by atoms with E-state index in [-0.39, 0.29) is 17.7 Å². The van der Waals surface area contributed by atoms with Crippen LogP contribution in [0.3, 0.4) is 0 Å². The molecule has 1 aliphatic rings. The second-order valence-electron chi connectivity index (χ2n) is 6.15. The SMILES string of the molecule is CC1CCCN1c1nc(-c2ccccn2)nc(Nc2cnccn2)c1F. The third kappa shape index (κ3) is 3.17. The van der Waals surface area contributed by atoms with Crippen molar-refractivity contribution >= 4 is 17.5 Å². The summed E-state index contributed by atoms with van der Waals surface area (Å²) in [4.78, 5) is 23.2. The third-order valence-electron chi connectivity index (χ3n) is 4.36. The van der Waals surface area contributed by atoms with Crippen LogP contribution < -0.4 is 10.2 Å². The van der Waals surface area contributed by atoms with Crippen molar-refractivity contribution in [3.8, 4) is 11.5 Å². The van der Waals surface area contributed by atoms with Gasteiger partial charge >= 0.3 is 0 Å². The van der Waals surface area contributed by atoms with Gasteiger partial charge in [0.15, 0.2) is 17.5 Å². The lowest BCUT2D eigenvalue weighted by molar-refractivity contribution is 0.603. The van der Waals surface area contributed by atoms with Gasteiger partial charge in [-0.2, -0.15) is 4.39 Å². The van der Waals surface area contributed by atoms with Crippen molar-refractivity contribution in [2.75, 3.05) is 16.8 Å². The maximum absolute atomic E-state index is 15.2. The van der Waals surface area contributed by atoms with Crippen LogP contribution in [-0.2, 0) is 0 Å². The number of rotatable bonds is 4. The molecule has 8 heteroatoms. The Morgan fingerprint density at radius 1 is 1.15 bits per heavy atom. The van der Waals surface area contributed by atoms with Gasteiger partial charge in [0.2, 0.25) is 5.82 Å². The Morgan fingerprint density at radius 2 is 2.08 bits per heavy atom. The monoisotopic (exact) mass is 351 g/mol. The molecule has 0 spiro atoms. The highest BCUT2D eigenvalue weighted by Crippen LogP contribution is 2.31. The summed E-state index contributed by atoms with van der Waals surface area (Å²) < 4.78 is 15.2. The Hall–Kier alpha value is -3.16. The minimum absolute atomic E-state index is 0.0650. The highest BCUT2D eigenvalue weighted by molar-refractivity contribution is 5.63. The van der Waals surface area contributed by atoms with Crippen LogP contribution in [-0.4, -0.2) is 37.5 Å². The fraction of sp³-hybridized carbons (Fsp3) is 0.278. The maximum Gasteiger partial charge on any atom is 0.208 e. The fourth-order valence-electron chi connectivity index (χ4n) is 3.05. The first kappa shape index (κ1) is 16.3. The normalized spacial score (nSPS) is 16.7. The van der Waals surface area contributed by atoms with E-state index in [2.05, 4.69) is 37.2 Å². The van der Waals surface area contributed by atoms with Crippen LogP contribution >= 0.6 is 0 Å². The number of pyridine rings is 1. The summed E-state index contributed by atoms with van der Waals surface area (Å²) in [6, 6.07) is 5.69. The number of halogens is 1. The van der Waals surface area contributed by atoms with Gasteiger partial charge in [0, 0.05) is 31.2 Å².